The highest BCUT2D eigenvalue weighted by molar-refractivity contribution is 6.29. The van der Waals surface area contributed by atoms with Crippen molar-refractivity contribution < 1.29 is 4.79 Å². The Bertz CT molecular complexity index is 470. The highest BCUT2D eigenvalue weighted by atomic mass is 35.5. The highest BCUT2D eigenvalue weighted by Gasteiger charge is 2.10. The first-order chi connectivity index (χ1) is 7.27. The number of aromatic nitrogens is 3. The Morgan fingerprint density at radius 1 is 1.13 bits per heavy atom. The molecule has 2 heterocycles. The lowest BCUT2D eigenvalue weighted by Crippen LogP contribution is -2.04. The summed E-state index contributed by atoms with van der Waals surface area (Å²) in [4.78, 5) is 23.3. The van der Waals surface area contributed by atoms with Crippen molar-refractivity contribution in [3.63, 3.8) is 0 Å². The molecule has 0 aliphatic heterocycles. The Balaban J connectivity index is 2.33. The number of carbonyl (C=O) groups is 1. The van der Waals surface area contributed by atoms with E-state index in [4.69, 9.17) is 11.6 Å². The maximum absolute atomic E-state index is 11.8. The number of rotatable bonds is 2. The molecule has 0 unspecified atom stereocenters. The second-order valence-electron chi connectivity index (χ2n) is 2.79. The van der Waals surface area contributed by atoms with Crippen molar-refractivity contribution in [2.75, 3.05) is 0 Å². The second-order valence-corrected chi connectivity index (χ2v) is 3.18. The lowest BCUT2D eigenvalue weighted by atomic mass is 10.1. The minimum atomic E-state index is -0.215. The van der Waals surface area contributed by atoms with E-state index in [2.05, 4.69) is 15.0 Å². The van der Waals surface area contributed by atoms with Gasteiger partial charge in [-0.05, 0) is 12.1 Å². The second kappa shape index (κ2) is 4.14. The van der Waals surface area contributed by atoms with E-state index in [-0.39, 0.29) is 5.78 Å². The molecule has 0 aliphatic rings. The molecule has 0 fully saturated rings. The van der Waals surface area contributed by atoms with Crippen LogP contribution in [0.5, 0.6) is 0 Å². The van der Waals surface area contributed by atoms with Crippen LogP contribution in [0, 0.1) is 0 Å². The van der Waals surface area contributed by atoms with Crippen LogP contribution in [0.4, 0.5) is 0 Å². The molecule has 0 saturated heterocycles. The van der Waals surface area contributed by atoms with E-state index in [1.54, 1.807) is 12.1 Å². The molecule has 0 saturated carbocycles. The molecule has 74 valence electrons. The zero-order valence-corrected chi connectivity index (χ0v) is 8.35. The average Bonchev–Trinajstić information content (AvgIpc) is 2.30. The number of nitrogens with zero attached hydrogens (tertiary/aromatic N) is 3. The third kappa shape index (κ3) is 2.16. The van der Waals surface area contributed by atoms with Crippen molar-refractivity contribution in [3.8, 4) is 0 Å². The van der Waals surface area contributed by atoms with E-state index in [0.717, 1.165) is 0 Å². The van der Waals surface area contributed by atoms with Crippen LogP contribution < -0.4 is 0 Å². The zero-order valence-electron chi connectivity index (χ0n) is 7.59. The Hall–Kier alpha value is -1.81. The predicted molar refractivity (Wildman–Crippen MR) is 54.7 cm³/mol. The van der Waals surface area contributed by atoms with Crippen LogP contribution in [0.3, 0.4) is 0 Å². The minimum Gasteiger partial charge on any atom is -0.287 e. The van der Waals surface area contributed by atoms with Gasteiger partial charge in [0, 0.05) is 24.2 Å². The van der Waals surface area contributed by atoms with Crippen LogP contribution in [0.25, 0.3) is 0 Å². The Kier molecular flexibility index (Phi) is 2.69. The average molecular weight is 220 g/mol. The van der Waals surface area contributed by atoms with Crippen molar-refractivity contribution >= 4 is 17.4 Å². The minimum absolute atomic E-state index is 0.215. The Morgan fingerprint density at radius 3 is 2.60 bits per heavy atom. The molecule has 0 aliphatic carbocycles. The number of ketones is 1. The van der Waals surface area contributed by atoms with Gasteiger partial charge in [0.15, 0.2) is 0 Å². The van der Waals surface area contributed by atoms with Crippen molar-refractivity contribution in [1.29, 1.82) is 0 Å². The van der Waals surface area contributed by atoms with Crippen molar-refractivity contribution in [2.24, 2.45) is 0 Å². The largest absolute Gasteiger partial charge is 0.287 e. The third-order valence-electron chi connectivity index (χ3n) is 1.79. The van der Waals surface area contributed by atoms with Crippen LogP contribution in [0.1, 0.15) is 16.1 Å². The Morgan fingerprint density at radius 2 is 2.00 bits per heavy atom. The van der Waals surface area contributed by atoms with Crippen molar-refractivity contribution in [2.45, 2.75) is 0 Å². The maximum Gasteiger partial charge on any atom is 0.214 e. The SMILES string of the molecule is O=C(c1ccc(Cl)nc1)c1cnccn1. The van der Waals surface area contributed by atoms with Crippen LogP contribution in [0.2, 0.25) is 5.15 Å². The van der Waals surface area contributed by atoms with Crippen LogP contribution >= 0.6 is 11.6 Å². The summed E-state index contributed by atoms with van der Waals surface area (Å²) >= 11 is 5.61. The topological polar surface area (TPSA) is 55.7 Å². The molecular formula is C10H6ClN3O. The fourth-order valence-electron chi connectivity index (χ4n) is 1.07. The van der Waals surface area contributed by atoms with Crippen molar-refractivity contribution in [3.05, 3.63) is 53.3 Å². The third-order valence-corrected chi connectivity index (χ3v) is 2.01. The summed E-state index contributed by atoms with van der Waals surface area (Å²) < 4.78 is 0. The number of carbonyl (C=O) groups excluding carboxylic acids is 1. The summed E-state index contributed by atoms with van der Waals surface area (Å²) in [6.45, 7) is 0. The molecule has 2 aromatic rings. The smallest absolute Gasteiger partial charge is 0.214 e. The normalized spacial score (nSPS) is 9.93. The van der Waals surface area contributed by atoms with Crippen LogP contribution in [-0.2, 0) is 0 Å². The van der Waals surface area contributed by atoms with E-state index in [9.17, 15) is 4.79 Å². The van der Waals surface area contributed by atoms with Gasteiger partial charge in [-0.1, -0.05) is 11.6 Å². The number of pyridine rings is 1. The summed E-state index contributed by atoms with van der Waals surface area (Å²) in [5.74, 6) is -0.215. The number of hydrogen-bond donors (Lipinski definition) is 0. The molecule has 0 spiro atoms. The summed E-state index contributed by atoms with van der Waals surface area (Å²) in [7, 11) is 0. The summed E-state index contributed by atoms with van der Waals surface area (Å²) in [6, 6.07) is 3.16. The van der Waals surface area contributed by atoms with Gasteiger partial charge in [-0.15, -0.1) is 0 Å². The lowest BCUT2D eigenvalue weighted by Gasteiger charge is -1.98. The molecule has 0 aromatic carbocycles. The quantitative estimate of drug-likeness (QED) is 0.571. The van der Waals surface area contributed by atoms with Gasteiger partial charge in [-0.3, -0.25) is 9.78 Å². The fraction of sp³-hybridized carbons (Fsp3) is 0. The fourth-order valence-corrected chi connectivity index (χ4v) is 1.19. The summed E-state index contributed by atoms with van der Waals surface area (Å²) in [6.07, 6.45) is 5.81. The number of halogens is 1. The number of hydrogen-bond acceptors (Lipinski definition) is 4. The van der Waals surface area contributed by atoms with Gasteiger partial charge in [0.1, 0.15) is 10.8 Å². The van der Waals surface area contributed by atoms with Gasteiger partial charge in [0.05, 0.1) is 6.20 Å². The Labute approximate surface area is 91.0 Å². The molecule has 2 rings (SSSR count). The molecule has 0 atom stereocenters. The summed E-state index contributed by atoms with van der Waals surface area (Å²) in [5, 5.41) is 0.352. The predicted octanol–water partition coefficient (Wildman–Crippen LogP) is 1.76. The van der Waals surface area contributed by atoms with Gasteiger partial charge < -0.3 is 0 Å². The first-order valence-corrected chi connectivity index (χ1v) is 4.57. The van der Waals surface area contributed by atoms with Gasteiger partial charge >= 0.3 is 0 Å². The van der Waals surface area contributed by atoms with Gasteiger partial charge in [0.25, 0.3) is 0 Å². The molecule has 0 radical (unpaired) electrons. The molecule has 15 heavy (non-hydrogen) atoms. The summed E-state index contributed by atoms with van der Waals surface area (Å²) in [5.41, 5.74) is 0.738. The molecule has 0 N–H and O–H groups in total. The maximum atomic E-state index is 11.8. The van der Waals surface area contributed by atoms with Crippen molar-refractivity contribution in [1.82, 2.24) is 15.0 Å². The van der Waals surface area contributed by atoms with E-state index in [1.807, 2.05) is 0 Å². The van der Waals surface area contributed by atoms with E-state index in [1.165, 1.54) is 24.8 Å². The first kappa shape index (κ1) is 9.73. The molecule has 0 amide bonds. The van der Waals surface area contributed by atoms with Crippen LogP contribution in [0.15, 0.2) is 36.9 Å². The van der Waals surface area contributed by atoms with E-state index in [0.29, 0.717) is 16.4 Å². The van der Waals surface area contributed by atoms with E-state index < -0.39 is 0 Å². The molecule has 2 aromatic heterocycles. The van der Waals surface area contributed by atoms with Gasteiger partial charge in [0.2, 0.25) is 5.78 Å². The standard InChI is InChI=1S/C10H6ClN3O/c11-9-2-1-7(5-14-9)10(15)8-6-12-3-4-13-8/h1-6H. The van der Waals surface area contributed by atoms with Gasteiger partial charge in [-0.25, -0.2) is 9.97 Å². The first-order valence-electron chi connectivity index (χ1n) is 4.19. The molecular weight excluding hydrogens is 214 g/mol. The molecule has 4 nitrogen and oxygen atoms in total. The highest BCUT2D eigenvalue weighted by Crippen LogP contribution is 2.08. The van der Waals surface area contributed by atoms with E-state index >= 15 is 0 Å². The monoisotopic (exact) mass is 219 g/mol. The molecule has 5 heteroatoms. The van der Waals surface area contributed by atoms with Gasteiger partial charge in [-0.2, -0.15) is 0 Å². The van der Waals surface area contributed by atoms with Crippen LogP contribution in [-0.4, -0.2) is 20.7 Å². The lowest BCUT2D eigenvalue weighted by molar-refractivity contribution is 0.103. The zero-order chi connectivity index (χ0) is 10.7. The molecule has 0 bridgehead atoms.